The molecule has 98 valence electrons. The lowest BCUT2D eigenvalue weighted by atomic mass is 9.87. The molecule has 1 aromatic carbocycles. The van der Waals surface area contributed by atoms with Crippen LogP contribution in [0.4, 0.5) is 0 Å². The van der Waals surface area contributed by atoms with E-state index in [1.54, 1.807) is 18.2 Å². The molecule has 1 atom stereocenters. The summed E-state index contributed by atoms with van der Waals surface area (Å²) in [5.74, 6) is -0.249. The largest absolute Gasteiger partial charge is 0.454 e. The minimum absolute atomic E-state index is 0.240. The molecule has 1 aliphatic rings. The van der Waals surface area contributed by atoms with Crippen LogP contribution < -0.4 is 5.14 Å². The van der Waals surface area contributed by atoms with E-state index in [0.717, 1.165) is 5.56 Å². The maximum atomic E-state index is 11.0. The Balaban J connectivity index is 2.20. The molecule has 0 spiro atoms. The summed E-state index contributed by atoms with van der Waals surface area (Å²) in [5.41, 5.74) is 1.29. The van der Waals surface area contributed by atoms with Crippen LogP contribution in [-0.4, -0.2) is 20.6 Å². The maximum absolute atomic E-state index is 11.0. The van der Waals surface area contributed by atoms with Gasteiger partial charge < -0.3 is 9.68 Å². The molecule has 0 radical (unpaired) electrons. The average molecular weight is 290 g/mol. The molecule has 0 amide bonds. The van der Waals surface area contributed by atoms with Gasteiger partial charge in [0, 0.05) is 5.02 Å². The summed E-state index contributed by atoms with van der Waals surface area (Å²) in [7, 11) is -4.32. The van der Waals surface area contributed by atoms with Crippen LogP contribution in [-0.2, 0) is 20.4 Å². The third-order valence-corrected chi connectivity index (χ3v) is 3.84. The first-order chi connectivity index (χ1) is 8.35. The fraction of sp³-hybridized carbons (Fsp3) is 0.400. The molecule has 1 aliphatic heterocycles. The zero-order valence-electron chi connectivity index (χ0n) is 9.54. The van der Waals surface area contributed by atoms with Crippen molar-refractivity contribution in [3.05, 3.63) is 34.3 Å². The average Bonchev–Trinajstić information content (AvgIpc) is 2.62. The number of hydrogen-bond acceptors (Lipinski definition) is 4. The third kappa shape index (κ3) is 3.46. The molecule has 1 saturated heterocycles. The van der Waals surface area contributed by atoms with Crippen LogP contribution in [0.3, 0.4) is 0 Å². The Morgan fingerprint density at radius 1 is 1.56 bits per heavy atom. The minimum Gasteiger partial charge on any atom is -0.427 e. The summed E-state index contributed by atoms with van der Waals surface area (Å²) in [6.45, 7) is 0. The highest BCUT2D eigenvalue weighted by Gasteiger charge is 2.30. The monoisotopic (exact) mass is 289 g/mol. The van der Waals surface area contributed by atoms with E-state index in [2.05, 4.69) is 0 Å². The van der Waals surface area contributed by atoms with Gasteiger partial charge in [-0.25, -0.2) is 13.6 Å². The van der Waals surface area contributed by atoms with Gasteiger partial charge in [0.2, 0.25) is 10.0 Å². The molecule has 3 N–H and O–H groups in total. The van der Waals surface area contributed by atoms with Gasteiger partial charge in [-0.1, -0.05) is 23.7 Å². The molecule has 0 aliphatic carbocycles. The molecule has 0 aromatic heterocycles. The molecular formula is C10H13BClNO4S. The first-order valence-electron chi connectivity index (χ1n) is 5.47. The predicted octanol–water partition coefficient (Wildman–Crippen LogP) is 1.07. The van der Waals surface area contributed by atoms with Gasteiger partial charge in [-0.15, -0.1) is 0 Å². The van der Waals surface area contributed by atoms with Gasteiger partial charge in [0.1, 0.15) is 0 Å². The Kier molecular flexibility index (Phi) is 3.98. The van der Waals surface area contributed by atoms with E-state index in [-0.39, 0.29) is 11.9 Å². The van der Waals surface area contributed by atoms with Crippen molar-refractivity contribution in [2.45, 2.75) is 24.6 Å². The second-order valence-electron chi connectivity index (χ2n) is 4.32. The van der Waals surface area contributed by atoms with Crippen LogP contribution in [0.25, 0.3) is 0 Å². The number of halogens is 1. The Bertz CT molecular complexity index is 551. The van der Waals surface area contributed by atoms with Crippen LogP contribution in [0.15, 0.2) is 18.2 Å². The van der Waals surface area contributed by atoms with Gasteiger partial charge in [0.25, 0.3) is 0 Å². The molecule has 1 aromatic rings. The maximum Gasteiger partial charge on any atom is 0.454 e. The Morgan fingerprint density at radius 2 is 2.28 bits per heavy atom. The molecule has 1 heterocycles. The molecular weight excluding hydrogens is 276 g/mol. The second kappa shape index (κ2) is 5.18. The van der Waals surface area contributed by atoms with Gasteiger partial charge in [0.15, 0.2) is 0 Å². The van der Waals surface area contributed by atoms with Crippen LogP contribution in [0, 0.1) is 0 Å². The first-order valence-corrected chi connectivity index (χ1v) is 7.57. The van der Waals surface area contributed by atoms with Crippen molar-refractivity contribution in [2.24, 2.45) is 5.14 Å². The summed E-state index contributed by atoms with van der Waals surface area (Å²) in [6.07, 6.45) is 1.02. The van der Waals surface area contributed by atoms with E-state index in [1.165, 1.54) is 0 Å². The summed E-state index contributed by atoms with van der Waals surface area (Å²) >= 11 is 6.09. The highest BCUT2D eigenvalue weighted by Crippen LogP contribution is 2.35. The van der Waals surface area contributed by atoms with E-state index >= 15 is 0 Å². The number of benzene rings is 1. The van der Waals surface area contributed by atoms with Crippen molar-refractivity contribution in [1.82, 2.24) is 0 Å². The van der Waals surface area contributed by atoms with Gasteiger partial charge >= 0.3 is 7.12 Å². The molecule has 5 nitrogen and oxygen atoms in total. The first kappa shape index (κ1) is 13.8. The quantitative estimate of drug-likeness (QED) is 0.815. The van der Waals surface area contributed by atoms with E-state index in [0.29, 0.717) is 23.3 Å². The lowest BCUT2D eigenvalue weighted by molar-refractivity contribution is 0.204. The van der Waals surface area contributed by atoms with Crippen molar-refractivity contribution in [3.8, 4) is 0 Å². The fourth-order valence-electron chi connectivity index (χ4n) is 2.00. The highest BCUT2D eigenvalue weighted by atomic mass is 35.5. The standard InChI is InChI=1S/C10H13BClNO4S/c12-9-5-7(6-18(13,15)16)1-2-8(9)10-3-4-11(14)17-10/h1-2,5,10,14H,3-4,6H2,(H2,13,15,16). The van der Waals surface area contributed by atoms with Crippen LogP contribution in [0.2, 0.25) is 11.3 Å². The molecule has 8 heteroatoms. The Hall–Kier alpha value is -0.595. The SMILES string of the molecule is NS(=O)(=O)Cc1ccc(C2CCB(O)O2)c(Cl)c1. The topological polar surface area (TPSA) is 89.6 Å². The fourth-order valence-corrected chi connectivity index (χ4v) is 2.97. The number of hydrogen-bond donors (Lipinski definition) is 2. The Morgan fingerprint density at radius 3 is 2.78 bits per heavy atom. The number of rotatable bonds is 3. The van der Waals surface area contributed by atoms with Gasteiger partial charge in [-0.05, 0) is 29.9 Å². The number of sulfonamides is 1. The zero-order valence-corrected chi connectivity index (χ0v) is 11.1. The number of primary sulfonamides is 1. The minimum atomic E-state index is -3.56. The van der Waals surface area contributed by atoms with Crippen LogP contribution >= 0.6 is 11.6 Å². The molecule has 1 unspecified atom stereocenters. The summed E-state index contributed by atoms with van der Waals surface area (Å²) < 4.78 is 27.2. The second-order valence-corrected chi connectivity index (χ2v) is 6.34. The lowest BCUT2D eigenvalue weighted by Crippen LogP contribution is -2.14. The van der Waals surface area contributed by atoms with Crippen molar-refractivity contribution in [3.63, 3.8) is 0 Å². The third-order valence-electron chi connectivity index (χ3n) is 2.78. The van der Waals surface area contributed by atoms with Crippen molar-refractivity contribution < 1.29 is 18.1 Å². The lowest BCUT2D eigenvalue weighted by Gasteiger charge is -2.13. The van der Waals surface area contributed by atoms with Crippen LogP contribution in [0.5, 0.6) is 0 Å². The predicted molar refractivity (Wildman–Crippen MR) is 69.5 cm³/mol. The molecule has 18 heavy (non-hydrogen) atoms. The van der Waals surface area contributed by atoms with Crippen LogP contribution in [0.1, 0.15) is 23.7 Å². The van der Waals surface area contributed by atoms with Gasteiger partial charge in [-0.3, -0.25) is 0 Å². The highest BCUT2D eigenvalue weighted by molar-refractivity contribution is 7.88. The number of nitrogens with two attached hydrogens (primary N) is 1. The normalized spacial score (nSPS) is 20.4. The van der Waals surface area contributed by atoms with Crippen molar-refractivity contribution in [2.75, 3.05) is 0 Å². The van der Waals surface area contributed by atoms with Gasteiger partial charge in [0.05, 0.1) is 11.9 Å². The summed E-state index contributed by atoms with van der Waals surface area (Å²) in [5, 5.41) is 14.7. The van der Waals surface area contributed by atoms with E-state index in [1.807, 2.05) is 0 Å². The van der Waals surface area contributed by atoms with Crippen molar-refractivity contribution in [1.29, 1.82) is 0 Å². The summed E-state index contributed by atoms with van der Waals surface area (Å²) in [4.78, 5) is 0. The van der Waals surface area contributed by atoms with E-state index in [4.69, 9.17) is 21.4 Å². The van der Waals surface area contributed by atoms with E-state index < -0.39 is 17.1 Å². The molecule has 2 rings (SSSR count). The Labute approximate surface area is 111 Å². The zero-order chi connectivity index (χ0) is 13.3. The summed E-state index contributed by atoms with van der Waals surface area (Å²) in [6, 6.07) is 4.93. The molecule has 0 bridgehead atoms. The molecule has 1 fully saturated rings. The smallest absolute Gasteiger partial charge is 0.427 e. The molecule has 0 saturated carbocycles. The van der Waals surface area contributed by atoms with Gasteiger partial charge in [-0.2, -0.15) is 0 Å². The van der Waals surface area contributed by atoms with Crippen molar-refractivity contribution >= 4 is 28.7 Å². The van der Waals surface area contributed by atoms with E-state index in [9.17, 15) is 13.4 Å².